The Kier molecular flexibility index (Phi) is 3.42. The number of halogens is 1. The second-order valence-electron chi connectivity index (χ2n) is 5.40. The molecule has 1 aliphatic heterocycles. The average molecular weight is 277 g/mol. The van der Waals surface area contributed by atoms with Crippen LogP contribution in [0.5, 0.6) is 0 Å². The van der Waals surface area contributed by atoms with Crippen molar-refractivity contribution in [3.05, 3.63) is 35.6 Å². The monoisotopic (exact) mass is 277 g/mol. The summed E-state index contributed by atoms with van der Waals surface area (Å²) >= 11 is 0. The number of benzene rings is 1. The fourth-order valence-corrected chi connectivity index (χ4v) is 2.91. The van der Waals surface area contributed by atoms with Crippen molar-refractivity contribution in [1.29, 1.82) is 0 Å². The largest absolute Gasteiger partial charge is 0.481 e. The summed E-state index contributed by atoms with van der Waals surface area (Å²) in [6.07, 6.45) is 2.23. The zero-order valence-electron chi connectivity index (χ0n) is 11.0. The van der Waals surface area contributed by atoms with Gasteiger partial charge in [0.05, 0.1) is 12.0 Å². The van der Waals surface area contributed by atoms with E-state index in [1.54, 1.807) is 6.07 Å². The molecule has 0 aromatic heterocycles. The number of hydrogen-bond donors (Lipinski definition) is 1. The molecule has 20 heavy (non-hydrogen) atoms. The molecule has 0 spiro atoms. The molecule has 1 aliphatic carbocycles. The normalized spacial score (nSPS) is 28.4. The zero-order valence-corrected chi connectivity index (χ0v) is 11.0. The molecular formula is C15H16FNO3. The van der Waals surface area contributed by atoms with Crippen LogP contribution in [0.25, 0.3) is 0 Å². The lowest BCUT2D eigenvalue weighted by Crippen LogP contribution is -2.34. The Labute approximate surface area is 116 Å². The Bertz CT molecular complexity index is 558. The molecule has 1 aromatic carbocycles. The molecule has 1 saturated carbocycles. The standard InChI is InChI=1S/C15H16FNO3/c16-11-3-1-2-9(6-11)7-14-17-12-5-4-10(15(18)19)8-13(12)20-14/h1-3,6,10,12-13H,4-5,7-8H2,(H,18,19). The van der Waals surface area contributed by atoms with Gasteiger partial charge in [0.15, 0.2) is 5.90 Å². The third-order valence-corrected chi connectivity index (χ3v) is 3.95. The predicted molar refractivity (Wildman–Crippen MR) is 71.2 cm³/mol. The van der Waals surface area contributed by atoms with Crippen LogP contribution in [0.1, 0.15) is 24.8 Å². The number of carboxylic acid groups (broad SMARTS) is 1. The molecule has 3 rings (SSSR count). The number of fused-ring (bicyclic) bond motifs is 1. The van der Waals surface area contributed by atoms with E-state index >= 15 is 0 Å². The van der Waals surface area contributed by atoms with Crippen molar-refractivity contribution in [2.75, 3.05) is 0 Å². The fraction of sp³-hybridized carbons (Fsp3) is 0.467. The number of aliphatic imine (C=N–C) groups is 1. The van der Waals surface area contributed by atoms with Crippen LogP contribution in [0.3, 0.4) is 0 Å². The number of rotatable bonds is 3. The Morgan fingerprint density at radius 2 is 2.30 bits per heavy atom. The fourth-order valence-electron chi connectivity index (χ4n) is 2.91. The molecule has 0 amide bonds. The maximum Gasteiger partial charge on any atom is 0.306 e. The van der Waals surface area contributed by atoms with Gasteiger partial charge in [-0.05, 0) is 37.0 Å². The number of ether oxygens (including phenoxy) is 1. The Hall–Kier alpha value is -1.91. The minimum absolute atomic E-state index is 0.0640. The van der Waals surface area contributed by atoms with E-state index in [2.05, 4.69) is 4.99 Å². The van der Waals surface area contributed by atoms with E-state index in [-0.39, 0.29) is 23.9 Å². The minimum atomic E-state index is -0.759. The topological polar surface area (TPSA) is 58.9 Å². The molecule has 0 saturated heterocycles. The van der Waals surface area contributed by atoms with Gasteiger partial charge >= 0.3 is 5.97 Å². The Morgan fingerprint density at radius 3 is 3.05 bits per heavy atom. The van der Waals surface area contributed by atoms with Crippen molar-refractivity contribution in [2.45, 2.75) is 37.8 Å². The highest BCUT2D eigenvalue weighted by Gasteiger charge is 2.39. The number of carboxylic acids is 1. The summed E-state index contributed by atoms with van der Waals surface area (Å²) in [6.45, 7) is 0. The molecular weight excluding hydrogens is 261 g/mol. The lowest BCUT2D eigenvalue weighted by atomic mass is 9.84. The first-order valence-corrected chi connectivity index (χ1v) is 6.82. The van der Waals surface area contributed by atoms with E-state index < -0.39 is 5.97 Å². The van der Waals surface area contributed by atoms with Crippen LogP contribution in [0.2, 0.25) is 0 Å². The van der Waals surface area contributed by atoms with Crippen molar-refractivity contribution < 1.29 is 19.0 Å². The molecule has 0 bridgehead atoms. The zero-order chi connectivity index (χ0) is 14.1. The molecule has 1 heterocycles. The van der Waals surface area contributed by atoms with Gasteiger partial charge < -0.3 is 9.84 Å². The molecule has 106 valence electrons. The number of hydrogen-bond acceptors (Lipinski definition) is 3. The highest BCUT2D eigenvalue weighted by atomic mass is 19.1. The molecule has 3 unspecified atom stereocenters. The van der Waals surface area contributed by atoms with Crippen molar-refractivity contribution >= 4 is 11.9 Å². The third-order valence-electron chi connectivity index (χ3n) is 3.95. The lowest BCUT2D eigenvalue weighted by Gasteiger charge is -2.26. The van der Waals surface area contributed by atoms with Crippen LogP contribution < -0.4 is 0 Å². The quantitative estimate of drug-likeness (QED) is 0.923. The summed E-state index contributed by atoms with van der Waals surface area (Å²) in [5.74, 6) is -0.772. The summed E-state index contributed by atoms with van der Waals surface area (Å²) < 4.78 is 18.9. The summed E-state index contributed by atoms with van der Waals surface area (Å²) in [5.41, 5.74) is 0.817. The molecule has 1 fully saturated rings. The summed E-state index contributed by atoms with van der Waals surface area (Å²) in [4.78, 5) is 15.5. The van der Waals surface area contributed by atoms with Gasteiger partial charge in [0, 0.05) is 6.42 Å². The van der Waals surface area contributed by atoms with Crippen LogP contribution >= 0.6 is 0 Å². The molecule has 4 nitrogen and oxygen atoms in total. The van der Waals surface area contributed by atoms with Gasteiger partial charge in [-0.25, -0.2) is 9.38 Å². The van der Waals surface area contributed by atoms with Crippen LogP contribution in [0, 0.1) is 11.7 Å². The van der Waals surface area contributed by atoms with Crippen LogP contribution in [-0.2, 0) is 16.0 Å². The van der Waals surface area contributed by atoms with Crippen LogP contribution in [0.4, 0.5) is 4.39 Å². The van der Waals surface area contributed by atoms with E-state index in [0.717, 1.165) is 12.0 Å². The smallest absolute Gasteiger partial charge is 0.306 e. The first-order valence-electron chi connectivity index (χ1n) is 6.82. The summed E-state index contributed by atoms with van der Waals surface area (Å²) in [5, 5.41) is 9.06. The maximum atomic E-state index is 13.1. The van der Waals surface area contributed by atoms with Gasteiger partial charge in [0.1, 0.15) is 11.9 Å². The van der Waals surface area contributed by atoms with Gasteiger partial charge in [0.25, 0.3) is 0 Å². The van der Waals surface area contributed by atoms with Crippen molar-refractivity contribution in [2.24, 2.45) is 10.9 Å². The first kappa shape index (κ1) is 13.1. The van der Waals surface area contributed by atoms with E-state index in [1.807, 2.05) is 6.07 Å². The van der Waals surface area contributed by atoms with Crippen LogP contribution in [-0.4, -0.2) is 29.1 Å². The van der Waals surface area contributed by atoms with Crippen LogP contribution in [0.15, 0.2) is 29.3 Å². The summed E-state index contributed by atoms with van der Waals surface area (Å²) in [7, 11) is 0. The second kappa shape index (κ2) is 5.23. The number of carbonyl (C=O) groups is 1. The van der Waals surface area contributed by atoms with E-state index in [4.69, 9.17) is 9.84 Å². The van der Waals surface area contributed by atoms with Gasteiger partial charge in [-0.15, -0.1) is 0 Å². The first-order chi connectivity index (χ1) is 9.61. The van der Waals surface area contributed by atoms with Gasteiger partial charge in [-0.2, -0.15) is 0 Å². The lowest BCUT2D eigenvalue weighted by molar-refractivity contribution is -0.143. The number of nitrogens with zero attached hydrogens (tertiary/aromatic N) is 1. The Balaban J connectivity index is 1.65. The van der Waals surface area contributed by atoms with Crippen molar-refractivity contribution in [3.8, 4) is 0 Å². The van der Waals surface area contributed by atoms with E-state index in [9.17, 15) is 9.18 Å². The third kappa shape index (κ3) is 2.66. The van der Waals surface area contributed by atoms with E-state index in [1.165, 1.54) is 12.1 Å². The molecule has 0 radical (unpaired) electrons. The van der Waals surface area contributed by atoms with Gasteiger partial charge in [-0.1, -0.05) is 12.1 Å². The van der Waals surface area contributed by atoms with Crippen molar-refractivity contribution in [1.82, 2.24) is 0 Å². The maximum absolute atomic E-state index is 13.1. The Morgan fingerprint density at radius 1 is 1.45 bits per heavy atom. The highest BCUT2D eigenvalue weighted by Crippen LogP contribution is 2.33. The molecule has 3 atom stereocenters. The van der Waals surface area contributed by atoms with Gasteiger partial charge in [-0.3, -0.25) is 4.79 Å². The average Bonchev–Trinajstić information content (AvgIpc) is 2.79. The molecule has 5 heteroatoms. The predicted octanol–water partition coefficient (Wildman–Crippen LogP) is 2.42. The molecule has 2 aliphatic rings. The van der Waals surface area contributed by atoms with E-state index in [0.29, 0.717) is 25.2 Å². The molecule has 1 N–H and O–H groups in total. The minimum Gasteiger partial charge on any atom is -0.481 e. The number of aliphatic carboxylic acids is 1. The van der Waals surface area contributed by atoms with Crippen molar-refractivity contribution in [3.63, 3.8) is 0 Å². The molecule has 1 aromatic rings. The second-order valence-corrected chi connectivity index (χ2v) is 5.40. The SMILES string of the molecule is O=C(O)C1CCC2N=C(Cc3cccc(F)c3)OC2C1. The highest BCUT2D eigenvalue weighted by molar-refractivity contribution is 5.81. The summed E-state index contributed by atoms with van der Waals surface area (Å²) in [6, 6.07) is 6.42. The van der Waals surface area contributed by atoms with Gasteiger partial charge in [0.2, 0.25) is 0 Å².